The van der Waals surface area contributed by atoms with Crippen molar-refractivity contribution in [2.45, 2.75) is 6.54 Å². The van der Waals surface area contributed by atoms with Gasteiger partial charge in [0, 0.05) is 37.5 Å². The summed E-state index contributed by atoms with van der Waals surface area (Å²) in [6, 6.07) is 20.4. The molecule has 0 aliphatic carbocycles. The number of aromatic nitrogens is 1. The molecule has 0 radical (unpaired) electrons. The van der Waals surface area contributed by atoms with E-state index in [1.165, 1.54) is 24.3 Å². The molecule has 4 aromatic rings. The highest BCUT2D eigenvalue weighted by Crippen LogP contribution is 2.20. The number of hydrogen-bond donors (Lipinski definition) is 2. The van der Waals surface area contributed by atoms with E-state index < -0.39 is 0 Å². The Morgan fingerprint density at radius 2 is 1.81 bits per heavy atom. The Bertz CT molecular complexity index is 1320. The average Bonchev–Trinajstić information content (AvgIpc) is 3.12. The monoisotopic (exact) mass is 540 g/mol. The molecular weight excluding hydrogens is 522 g/mol. The van der Waals surface area contributed by atoms with Crippen LogP contribution in [0.25, 0.3) is 10.9 Å². The zero-order chi connectivity index (χ0) is 22.5. The number of rotatable bonds is 6. The molecule has 0 atom stereocenters. The molecular formula is C24H18FIN4O2. The molecule has 160 valence electrons. The minimum atomic E-state index is -0.363. The molecule has 32 heavy (non-hydrogen) atoms. The minimum absolute atomic E-state index is 0.0700. The van der Waals surface area contributed by atoms with Gasteiger partial charge in [0.25, 0.3) is 5.91 Å². The fourth-order valence-electron chi connectivity index (χ4n) is 3.25. The van der Waals surface area contributed by atoms with Crippen LogP contribution in [0.4, 0.5) is 10.1 Å². The Morgan fingerprint density at radius 3 is 2.59 bits per heavy atom. The molecule has 8 heteroatoms. The zero-order valence-corrected chi connectivity index (χ0v) is 18.9. The van der Waals surface area contributed by atoms with Crippen LogP contribution in [0.1, 0.15) is 15.9 Å². The third kappa shape index (κ3) is 5.20. The predicted molar refractivity (Wildman–Crippen MR) is 131 cm³/mol. The highest BCUT2D eigenvalue weighted by molar-refractivity contribution is 14.1. The van der Waals surface area contributed by atoms with E-state index in [2.05, 4.69) is 38.4 Å². The second-order valence-electron chi connectivity index (χ2n) is 6.99. The van der Waals surface area contributed by atoms with Crippen LogP contribution in [0.5, 0.6) is 0 Å². The molecule has 2 N–H and O–H groups in total. The second-order valence-corrected chi connectivity index (χ2v) is 8.24. The zero-order valence-electron chi connectivity index (χ0n) is 16.8. The molecule has 0 saturated carbocycles. The summed E-state index contributed by atoms with van der Waals surface area (Å²) in [5.41, 5.74) is 5.19. The van der Waals surface area contributed by atoms with E-state index in [1.54, 1.807) is 29.1 Å². The van der Waals surface area contributed by atoms with Gasteiger partial charge in [0.15, 0.2) is 0 Å². The smallest absolute Gasteiger partial charge is 0.271 e. The van der Waals surface area contributed by atoms with Crippen LogP contribution in [0.15, 0.2) is 84.1 Å². The molecule has 2 amide bonds. The van der Waals surface area contributed by atoms with Gasteiger partial charge in [-0.25, -0.2) is 9.82 Å². The normalized spacial score (nSPS) is 11.1. The molecule has 0 spiro atoms. The number of anilines is 1. The first-order valence-corrected chi connectivity index (χ1v) is 10.8. The number of nitrogens with one attached hydrogen (secondary N) is 2. The summed E-state index contributed by atoms with van der Waals surface area (Å²) in [6.07, 6.45) is 3.36. The fourth-order valence-corrected chi connectivity index (χ4v) is 3.80. The van der Waals surface area contributed by atoms with E-state index in [-0.39, 0.29) is 24.2 Å². The Balaban J connectivity index is 1.49. The number of benzene rings is 3. The van der Waals surface area contributed by atoms with Crippen molar-refractivity contribution in [2.75, 3.05) is 5.32 Å². The van der Waals surface area contributed by atoms with Crippen LogP contribution in [0, 0.1) is 9.39 Å². The number of para-hydroxylation sites is 1. The predicted octanol–water partition coefficient (Wildman–Crippen LogP) is 4.79. The Kier molecular flexibility index (Phi) is 6.60. The molecule has 6 nitrogen and oxygen atoms in total. The van der Waals surface area contributed by atoms with Crippen molar-refractivity contribution >= 4 is 57.2 Å². The summed E-state index contributed by atoms with van der Waals surface area (Å²) >= 11 is 2.15. The number of halogens is 2. The first kappa shape index (κ1) is 21.7. The lowest BCUT2D eigenvalue weighted by molar-refractivity contribution is -0.116. The Hall–Kier alpha value is -3.53. The van der Waals surface area contributed by atoms with Crippen molar-refractivity contribution in [2.24, 2.45) is 5.10 Å². The van der Waals surface area contributed by atoms with Gasteiger partial charge < -0.3 is 9.88 Å². The van der Waals surface area contributed by atoms with E-state index in [9.17, 15) is 14.0 Å². The number of hydrogen-bond acceptors (Lipinski definition) is 3. The topological polar surface area (TPSA) is 75.5 Å². The van der Waals surface area contributed by atoms with Gasteiger partial charge in [0.2, 0.25) is 5.91 Å². The third-order valence-corrected chi connectivity index (χ3v) is 5.39. The number of fused-ring (bicyclic) bond motifs is 1. The van der Waals surface area contributed by atoms with Crippen molar-refractivity contribution in [3.63, 3.8) is 0 Å². The Labute approximate surface area is 197 Å². The maximum Gasteiger partial charge on any atom is 0.271 e. The minimum Gasteiger partial charge on any atom is -0.337 e. The molecule has 3 aromatic carbocycles. The lowest BCUT2D eigenvalue weighted by Crippen LogP contribution is -2.18. The highest BCUT2D eigenvalue weighted by atomic mass is 127. The van der Waals surface area contributed by atoms with Crippen LogP contribution in [-0.4, -0.2) is 22.6 Å². The summed E-state index contributed by atoms with van der Waals surface area (Å²) in [6.45, 7) is 0.0700. The summed E-state index contributed by atoms with van der Waals surface area (Å²) < 4.78 is 15.8. The largest absolute Gasteiger partial charge is 0.337 e. The highest BCUT2D eigenvalue weighted by Gasteiger charge is 2.11. The maximum atomic E-state index is 13.1. The second kappa shape index (κ2) is 9.73. The van der Waals surface area contributed by atoms with E-state index >= 15 is 0 Å². The first-order valence-electron chi connectivity index (χ1n) is 9.72. The first-order chi connectivity index (χ1) is 15.5. The maximum absolute atomic E-state index is 13.1. The molecule has 0 bridgehead atoms. The van der Waals surface area contributed by atoms with Crippen LogP contribution in [0.2, 0.25) is 0 Å². The van der Waals surface area contributed by atoms with Crippen LogP contribution in [-0.2, 0) is 11.3 Å². The SMILES string of the molecule is O=C(Cn1cc(C=NNC(=O)c2cccc(I)c2)c2ccccc21)Nc1ccc(F)cc1. The van der Waals surface area contributed by atoms with Crippen molar-refractivity contribution < 1.29 is 14.0 Å². The van der Waals surface area contributed by atoms with Crippen LogP contribution >= 0.6 is 22.6 Å². The third-order valence-electron chi connectivity index (χ3n) is 4.72. The van der Waals surface area contributed by atoms with Gasteiger partial charge >= 0.3 is 0 Å². The van der Waals surface area contributed by atoms with E-state index in [0.717, 1.165) is 20.0 Å². The molecule has 0 aliphatic rings. The van der Waals surface area contributed by atoms with Gasteiger partial charge in [-0.15, -0.1) is 0 Å². The van der Waals surface area contributed by atoms with Gasteiger partial charge in [-0.05, 0) is 71.1 Å². The Morgan fingerprint density at radius 1 is 1.03 bits per heavy atom. The summed E-state index contributed by atoms with van der Waals surface area (Å²) in [7, 11) is 0. The fraction of sp³-hybridized carbons (Fsp3) is 0.0417. The number of amides is 2. The van der Waals surface area contributed by atoms with Crippen molar-refractivity contribution in [1.82, 2.24) is 9.99 Å². The standard InChI is InChI=1S/C24H18FIN4O2/c25-18-8-10-20(11-9-18)28-23(31)15-30-14-17(21-6-1-2-7-22(21)30)13-27-29-24(32)16-4-3-5-19(26)12-16/h1-14H,15H2,(H,28,31)(H,29,32). The number of carbonyl (C=O) groups is 2. The number of carbonyl (C=O) groups excluding carboxylic acids is 2. The quantitative estimate of drug-likeness (QED) is 0.210. The van der Waals surface area contributed by atoms with E-state index in [0.29, 0.717) is 11.3 Å². The van der Waals surface area contributed by atoms with Gasteiger partial charge in [-0.2, -0.15) is 5.10 Å². The summed E-state index contributed by atoms with van der Waals surface area (Å²) in [5.74, 6) is -0.910. The number of hydrazone groups is 1. The van der Waals surface area contributed by atoms with Gasteiger partial charge in [-0.3, -0.25) is 9.59 Å². The molecule has 0 fully saturated rings. The molecule has 1 heterocycles. The average molecular weight is 540 g/mol. The molecule has 4 rings (SSSR count). The van der Waals surface area contributed by atoms with Gasteiger partial charge in [-0.1, -0.05) is 24.3 Å². The van der Waals surface area contributed by atoms with Crippen LogP contribution < -0.4 is 10.7 Å². The lowest BCUT2D eigenvalue weighted by Gasteiger charge is -2.07. The van der Waals surface area contributed by atoms with E-state index in [1.807, 2.05) is 36.4 Å². The van der Waals surface area contributed by atoms with Gasteiger partial charge in [0.05, 0.1) is 6.21 Å². The molecule has 0 saturated heterocycles. The van der Waals surface area contributed by atoms with Crippen molar-refractivity contribution in [1.29, 1.82) is 0 Å². The lowest BCUT2D eigenvalue weighted by atomic mass is 10.2. The molecule has 0 unspecified atom stereocenters. The van der Waals surface area contributed by atoms with E-state index in [4.69, 9.17) is 0 Å². The van der Waals surface area contributed by atoms with Gasteiger partial charge in [0.1, 0.15) is 12.4 Å². The summed E-state index contributed by atoms with van der Waals surface area (Å²) in [4.78, 5) is 24.8. The van der Waals surface area contributed by atoms with Crippen molar-refractivity contribution in [3.8, 4) is 0 Å². The number of nitrogens with zero attached hydrogens (tertiary/aromatic N) is 2. The molecule has 1 aromatic heterocycles. The molecule has 0 aliphatic heterocycles. The van der Waals surface area contributed by atoms with Crippen molar-refractivity contribution in [3.05, 3.63) is 99.5 Å². The summed E-state index contributed by atoms with van der Waals surface area (Å²) in [5, 5.41) is 7.74. The van der Waals surface area contributed by atoms with Crippen LogP contribution in [0.3, 0.4) is 0 Å².